The van der Waals surface area contributed by atoms with E-state index in [1.54, 1.807) is 6.20 Å². The maximum atomic E-state index is 9.35. The van der Waals surface area contributed by atoms with Gasteiger partial charge < -0.3 is 15.5 Å². The quantitative estimate of drug-likeness (QED) is 0.340. The lowest BCUT2D eigenvalue weighted by molar-refractivity contribution is 0.132. The van der Waals surface area contributed by atoms with Gasteiger partial charge in [-0.3, -0.25) is 5.43 Å². The first kappa shape index (κ1) is 13.6. The summed E-state index contributed by atoms with van der Waals surface area (Å²) >= 11 is 0. The van der Waals surface area contributed by atoms with Crippen LogP contribution >= 0.6 is 0 Å². The zero-order valence-corrected chi connectivity index (χ0v) is 10.1. The van der Waals surface area contributed by atoms with Crippen LogP contribution in [0.4, 0.5) is 11.8 Å². The highest BCUT2D eigenvalue weighted by Gasteiger charge is 2.27. The molecule has 0 aliphatic heterocycles. The van der Waals surface area contributed by atoms with Gasteiger partial charge in [-0.2, -0.15) is 4.98 Å². The van der Waals surface area contributed by atoms with Crippen LogP contribution in [0.1, 0.15) is 18.9 Å². The van der Waals surface area contributed by atoms with Crippen LogP contribution in [0.3, 0.4) is 0 Å². The van der Waals surface area contributed by atoms with Crippen molar-refractivity contribution >= 4 is 11.8 Å². The summed E-state index contributed by atoms with van der Waals surface area (Å²) in [6, 6.07) is 0. The van der Waals surface area contributed by atoms with Crippen molar-refractivity contribution in [3.05, 3.63) is 11.8 Å². The van der Waals surface area contributed by atoms with Crippen LogP contribution in [0.2, 0.25) is 0 Å². The number of hydrazine groups is 1. The van der Waals surface area contributed by atoms with E-state index in [4.69, 9.17) is 5.84 Å². The van der Waals surface area contributed by atoms with Gasteiger partial charge in [-0.1, -0.05) is 6.92 Å². The van der Waals surface area contributed by atoms with Crippen molar-refractivity contribution < 1.29 is 10.2 Å². The molecule has 0 atom stereocenters. The number of nitrogen functional groups attached to an aromatic ring is 1. The van der Waals surface area contributed by atoms with Gasteiger partial charge in [-0.25, -0.2) is 10.8 Å². The highest BCUT2D eigenvalue weighted by atomic mass is 16.3. The molecule has 1 aromatic heterocycles. The first-order valence-corrected chi connectivity index (χ1v) is 5.41. The number of anilines is 2. The number of hydrogen-bond acceptors (Lipinski definition) is 7. The van der Waals surface area contributed by atoms with E-state index in [1.165, 1.54) is 0 Å². The van der Waals surface area contributed by atoms with E-state index in [-0.39, 0.29) is 19.2 Å². The van der Waals surface area contributed by atoms with E-state index < -0.39 is 5.54 Å². The second-order valence-corrected chi connectivity index (χ2v) is 3.94. The second-order valence-electron chi connectivity index (χ2n) is 3.94. The highest BCUT2D eigenvalue weighted by molar-refractivity contribution is 5.48. The van der Waals surface area contributed by atoms with Crippen molar-refractivity contribution in [1.82, 2.24) is 9.97 Å². The summed E-state index contributed by atoms with van der Waals surface area (Å²) < 4.78 is 0. The summed E-state index contributed by atoms with van der Waals surface area (Å²) in [7, 11) is 0. The molecule has 0 aliphatic rings. The molecule has 0 aliphatic carbocycles. The van der Waals surface area contributed by atoms with Gasteiger partial charge in [0.1, 0.15) is 5.82 Å². The molecule has 1 rings (SSSR count). The Hall–Kier alpha value is -1.44. The molecule has 0 bridgehead atoms. The Kier molecular flexibility index (Phi) is 4.62. The molecule has 7 nitrogen and oxygen atoms in total. The molecule has 17 heavy (non-hydrogen) atoms. The molecule has 0 amide bonds. The van der Waals surface area contributed by atoms with Crippen LogP contribution in [0, 0.1) is 6.92 Å². The van der Waals surface area contributed by atoms with E-state index in [2.05, 4.69) is 20.7 Å². The van der Waals surface area contributed by atoms with E-state index in [1.807, 2.05) is 13.8 Å². The van der Waals surface area contributed by atoms with Crippen molar-refractivity contribution in [2.24, 2.45) is 5.84 Å². The number of nitrogens with two attached hydrogens (primary N) is 1. The monoisotopic (exact) mass is 241 g/mol. The Bertz CT molecular complexity index is 359. The topological polar surface area (TPSA) is 116 Å². The average Bonchev–Trinajstić information content (AvgIpc) is 2.38. The van der Waals surface area contributed by atoms with Crippen LogP contribution in [0.5, 0.6) is 0 Å². The number of rotatable bonds is 6. The van der Waals surface area contributed by atoms with Crippen molar-refractivity contribution in [2.45, 2.75) is 25.8 Å². The van der Waals surface area contributed by atoms with Crippen LogP contribution in [-0.2, 0) is 0 Å². The molecule has 0 aromatic carbocycles. The van der Waals surface area contributed by atoms with Crippen LogP contribution in [-0.4, -0.2) is 38.9 Å². The fourth-order valence-electron chi connectivity index (χ4n) is 1.33. The maximum Gasteiger partial charge on any atom is 0.239 e. The normalized spacial score (nSPS) is 11.4. The minimum absolute atomic E-state index is 0.186. The predicted octanol–water partition coefficient (Wildman–Crippen LogP) is -0.384. The minimum atomic E-state index is -0.787. The van der Waals surface area contributed by atoms with Gasteiger partial charge >= 0.3 is 0 Å². The average molecular weight is 241 g/mol. The lowest BCUT2D eigenvalue weighted by Crippen LogP contribution is -2.45. The Morgan fingerprint density at radius 1 is 1.41 bits per heavy atom. The molecule has 0 radical (unpaired) electrons. The zero-order chi connectivity index (χ0) is 12.9. The van der Waals surface area contributed by atoms with Gasteiger partial charge in [0.25, 0.3) is 0 Å². The van der Waals surface area contributed by atoms with Crippen molar-refractivity contribution in [2.75, 3.05) is 24.0 Å². The van der Waals surface area contributed by atoms with Crippen LogP contribution in [0.25, 0.3) is 0 Å². The van der Waals surface area contributed by atoms with Crippen molar-refractivity contribution in [1.29, 1.82) is 0 Å². The largest absolute Gasteiger partial charge is 0.394 e. The predicted molar refractivity (Wildman–Crippen MR) is 65.4 cm³/mol. The Morgan fingerprint density at radius 3 is 2.53 bits per heavy atom. The number of aliphatic hydroxyl groups is 2. The third kappa shape index (κ3) is 3.02. The van der Waals surface area contributed by atoms with E-state index in [9.17, 15) is 10.2 Å². The van der Waals surface area contributed by atoms with Crippen molar-refractivity contribution in [3.63, 3.8) is 0 Å². The van der Waals surface area contributed by atoms with Crippen molar-refractivity contribution in [3.8, 4) is 0 Å². The number of aliphatic hydroxyl groups excluding tert-OH is 2. The van der Waals surface area contributed by atoms with Gasteiger partial charge in [-0.15, -0.1) is 0 Å². The number of nitrogens with one attached hydrogen (secondary N) is 2. The lowest BCUT2D eigenvalue weighted by atomic mass is 9.98. The third-order valence-electron chi connectivity index (χ3n) is 2.77. The van der Waals surface area contributed by atoms with Crippen LogP contribution in [0.15, 0.2) is 6.20 Å². The molecule has 1 aromatic rings. The third-order valence-corrected chi connectivity index (χ3v) is 2.77. The van der Waals surface area contributed by atoms with Gasteiger partial charge in [0.15, 0.2) is 0 Å². The summed E-state index contributed by atoms with van der Waals surface area (Å²) in [4.78, 5) is 8.09. The molecule has 0 fully saturated rings. The molecular formula is C10H19N5O2. The molecule has 7 heteroatoms. The van der Waals surface area contributed by atoms with Gasteiger partial charge in [0.05, 0.1) is 18.8 Å². The molecular weight excluding hydrogens is 222 g/mol. The van der Waals surface area contributed by atoms with Gasteiger partial charge in [0.2, 0.25) is 5.95 Å². The minimum Gasteiger partial charge on any atom is -0.394 e. The first-order chi connectivity index (χ1) is 8.10. The summed E-state index contributed by atoms with van der Waals surface area (Å²) in [5.41, 5.74) is 2.37. The zero-order valence-electron chi connectivity index (χ0n) is 10.1. The molecule has 6 N–H and O–H groups in total. The molecule has 0 spiro atoms. The molecule has 1 heterocycles. The maximum absolute atomic E-state index is 9.35. The van der Waals surface area contributed by atoms with E-state index >= 15 is 0 Å². The fraction of sp³-hybridized carbons (Fsp3) is 0.600. The molecule has 0 saturated carbocycles. The number of hydrogen-bond donors (Lipinski definition) is 5. The Balaban J connectivity index is 2.99. The van der Waals surface area contributed by atoms with Gasteiger partial charge in [0, 0.05) is 11.8 Å². The molecule has 0 unspecified atom stereocenters. The molecule has 0 saturated heterocycles. The summed E-state index contributed by atoms with van der Waals surface area (Å²) in [6.07, 6.45) is 2.18. The number of aryl methyl sites for hydroxylation is 1. The van der Waals surface area contributed by atoms with Gasteiger partial charge in [-0.05, 0) is 13.3 Å². The Morgan fingerprint density at radius 2 is 2.06 bits per heavy atom. The van der Waals surface area contributed by atoms with E-state index in [0.717, 1.165) is 5.56 Å². The SMILES string of the molecule is CCC(CO)(CO)Nc1nc(NN)ncc1C. The Labute approximate surface area is 100 Å². The second kappa shape index (κ2) is 5.76. The summed E-state index contributed by atoms with van der Waals surface area (Å²) in [5, 5.41) is 21.7. The lowest BCUT2D eigenvalue weighted by Gasteiger charge is -2.30. The smallest absolute Gasteiger partial charge is 0.239 e. The standard InChI is InChI=1S/C10H19N5O2/c1-3-10(5-16,6-17)14-8-7(2)4-12-9(13-8)15-11/h4,16-17H,3,5-6,11H2,1-2H3,(H2,12,13,14,15). The molecule has 96 valence electrons. The first-order valence-electron chi connectivity index (χ1n) is 5.41. The fourth-order valence-corrected chi connectivity index (χ4v) is 1.33. The number of nitrogens with zero attached hydrogens (tertiary/aromatic N) is 2. The summed E-state index contributed by atoms with van der Waals surface area (Å²) in [6.45, 7) is 3.33. The highest BCUT2D eigenvalue weighted by Crippen LogP contribution is 2.20. The van der Waals surface area contributed by atoms with E-state index in [0.29, 0.717) is 12.2 Å². The summed E-state index contributed by atoms with van der Waals surface area (Å²) in [5.74, 6) is 6.05. The van der Waals surface area contributed by atoms with Crippen LogP contribution < -0.4 is 16.6 Å². The number of aromatic nitrogens is 2.